The second-order valence-electron chi connectivity index (χ2n) is 9.93. The van der Waals surface area contributed by atoms with Crippen LogP contribution in [0, 0.1) is 24.6 Å². The van der Waals surface area contributed by atoms with Crippen LogP contribution in [0.2, 0.25) is 0 Å². The largest absolute Gasteiger partial charge is 0.354 e. The summed E-state index contributed by atoms with van der Waals surface area (Å²) >= 11 is 0. The molecule has 2 amide bonds. The zero-order valence-electron chi connectivity index (χ0n) is 18.7. The molecule has 1 saturated carbocycles. The van der Waals surface area contributed by atoms with Crippen LogP contribution in [-0.4, -0.2) is 58.7 Å². The molecule has 33 heavy (non-hydrogen) atoms. The van der Waals surface area contributed by atoms with Crippen LogP contribution in [0.3, 0.4) is 0 Å². The van der Waals surface area contributed by atoms with Gasteiger partial charge in [0.2, 0.25) is 0 Å². The van der Waals surface area contributed by atoms with Crippen molar-refractivity contribution >= 4 is 11.8 Å². The van der Waals surface area contributed by atoms with Gasteiger partial charge in [-0.1, -0.05) is 0 Å². The number of rotatable bonds is 3. The molecule has 3 saturated heterocycles. The van der Waals surface area contributed by atoms with Crippen molar-refractivity contribution in [3.63, 3.8) is 0 Å². The van der Waals surface area contributed by atoms with E-state index in [0.29, 0.717) is 17.9 Å². The Morgan fingerprint density at radius 2 is 2.00 bits per heavy atom. The Labute approximate surface area is 192 Å². The molecule has 6 rings (SSSR count). The number of nitrogens with one attached hydrogen (secondary N) is 3. The maximum Gasteiger partial charge on any atom is 0.317 e. The lowest BCUT2D eigenvalue weighted by Gasteiger charge is -2.47. The van der Waals surface area contributed by atoms with Gasteiger partial charge in [0.25, 0.3) is 0 Å². The number of fused-ring (bicyclic) bond motifs is 2. The van der Waals surface area contributed by atoms with E-state index in [-0.39, 0.29) is 30.0 Å². The molecule has 8 nitrogen and oxygen atoms in total. The van der Waals surface area contributed by atoms with Gasteiger partial charge in [-0.2, -0.15) is 0 Å². The van der Waals surface area contributed by atoms with Crippen LogP contribution in [-0.2, 0) is 0 Å². The molecule has 2 aromatic rings. The minimum absolute atomic E-state index is 0.0425. The second kappa shape index (κ2) is 8.22. The molecule has 9 heteroatoms. The first kappa shape index (κ1) is 20.8. The van der Waals surface area contributed by atoms with E-state index in [9.17, 15) is 9.18 Å². The normalized spacial score (nSPS) is 33.6. The number of hydrogen-bond acceptors (Lipinski definition) is 6. The van der Waals surface area contributed by atoms with Crippen LogP contribution < -0.4 is 21.1 Å². The fraction of sp³-hybridized carbons (Fsp3) is 0.542. The maximum absolute atomic E-state index is 13.2. The molecule has 6 atom stereocenters. The molecule has 174 valence electrons. The summed E-state index contributed by atoms with van der Waals surface area (Å²) in [5, 5.41) is 3.31. The molecule has 5 unspecified atom stereocenters. The predicted octanol–water partition coefficient (Wildman–Crippen LogP) is 2.14. The van der Waals surface area contributed by atoms with Crippen LogP contribution in [0.15, 0.2) is 36.7 Å². The third kappa shape index (κ3) is 3.83. The number of carbonyl (C=O) groups is 1. The van der Waals surface area contributed by atoms with Gasteiger partial charge in [-0.15, -0.1) is 0 Å². The highest BCUT2D eigenvalue weighted by Crippen LogP contribution is 2.42. The Kier molecular flexibility index (Phi) is 5.18. The van der Waals surface area contributed by atoms with Crippen molar-refractivity contribution < 1.29 is 9.18 Å². The number of pyridine rings is 2. The average molecular weight is 452 g/mol. The third-order valence-corrected chi connectivity index (χ3v) is 7.94. The number of carbonyl (C=O) groups excluding carboxylic acids is 1. The summed E-state index contributed by atoms with van der Waals surface area (Å²) in [6.07, 6.45) is 6.05. The van der Waals surface area contributed by atoms with Crippen LogP contribution in [0.4, 0.5) is 15.0 Å². The van der Waals surface area contributed by atoms with Crippen LogP contribution in [0.25, 0.3) is 0 Å². The first-order valence-electron chi connectivity index (χ1n) is 11.9. The number of nitrogens with zero attached hydrogens (tertiary/aromatic N) is 4. The zero-order chi connectivity index (χ0) is 22.5. The Hall–Kier alpha value is -2.78. The van der Waals surface area contributed by atoms with E-state index in [2.05, 4.69) is 43.2 Å². The van der Waals surface area contributed by atoms with Gasteiger partial charge >= 0.3 is 6.03 Å². The van der Waals surface area contributed by atoms with Crippen LogP contribution in [0.5, 0.6) is 0 Å². The highest BCUT2D eigenvalue weighted by molar-refractivity contribution is 5.76. The van der Waals surface area contributed by atoms with Crippen molar-refractivity contribution in [2.45, 2.75) is 50.4 Å². The minimum atomic E-state index is -0.331. The number of halogens is 1. The van der Waals surface area contributed by atoms with Gasteiger partial charge in [-0.25, -0.2) is 19.6 Å². The fourth-order valence-corrected chi connectivity index (χ4v) is 6.28. The summed E-state index contributed by atoms with van der Waals surface area (Å²) in [7, 11) is 0. The number of hydrogen-bond donors (Lipinski definition) is 3. The van der Waals surface area contributed by atoms with Gasteiger partial charge in [0.15, 0.2) is 0 Å². The van der Waals surface area contributed by atoms with Gasteiger partial charge in [-0.05, 0) is 67.9 Å². The van der Waals surface area contributed by atoms with Crippen molar-refractivity contribution in [1.29, 1.82) is 0 Å². The van der Waals surface area contributed by atoms with Gasteiger partial charge in [0.05, 0.1) is 18.3 Å². The quantitative estimate of drug-likeness (QED) is 0.663. The SMILES string of the molecule is Cc1cc(C2NNC3CC4NC(=O)N([C@@H]5CCN(c6ccc(F)cn6)C5)CC4CC32)ccn1. The van der Waals surface area contributed by atoms with Gasteiger partial charge in [0, 0.05) is 43.6 Å². The molecule has 5 heterocycles. The first-order valence-corrected chi connectivity index (χ1v) is 11.9. The predicted molar refractivity (Wildman–Crippen MR) is 122 cm³/mol. The van der Waals surface area contributed by atoms with E-state index >= 15 is 0 Å². The van der Waals surface area contributed by atoms with Crippen molar-refractivity contribution in [3.8, 4) is 0 Å². The maximum atomic E-state index is 13.2. The smallest absolute Gasteiger partial charge is 0.317 e. The summed E-state index contributed by atoms with van der Waals surface area (Å²) in [6, 6.07) is 8.43. The van der Waals surface area contributed by atoms with Crippen LogP contribution >= 0.6 is 0 Å². The molecule has 0 bridgehead atoms. The number of aromatic nitrogens is 2. The number of urea groups is 1. The number of anilines is 1. The fourth-order valence-electron chi connectivity index (χ4n) is 6.28. The van der Waals surface area contributed by atoms with Crippen molar-refractivity contribution in [2.75, 3.05) is 24.5 Å². The summed E-state index contributed by atoms with van der Waals surface area (Å²) < 4.78 is 13.2. The summed E-state index contributed by atoms with van der Waals surface area (Å²) in [6.45, 7) is 4.37. The summed E-state index contributed by atoms with van der Waals surface area (Å²) in [5.74, 6) is 1.35. The zero-order valence-corrected chi connectivity index (χ0v) is 18.7. The highest BCUT2D eigenvalue weighted by atomic mass is 19.1. The van der Waals surface area contributed by atoms with Crippen molar-refractivity contribution in [2.24, 2.45) is 11.8 Å². The highest BCUT2D eigenvalue weighted by Gasteiger charge is 2.49. The Morgan fingerprint density at radius 3 is 2.82 bits per heavy atom. The third-order valence-electron chi connectivity index (χ3n) is 7.94. The van der Waals surface area contributed by atoms with E-state index in [4.69, 9.17) is 0 Å². The summed E-state index contributed by atoms with van der Waals surface area (Å²) in [4.78, 5) is 25.8. The molecular weight excluding hydrogens is 421 g/mol. The molecule has 0 radical (unpaired) electrons. The van der Waals surface area contributed by atoms with Crippen molar-refractivity contribution in [1.82, 2.24) is 31.0 Å². The molecule has 3 N–H and O–H groups in total. The molecule has 0 spiro atoms. The van der Waals surface area contributed by atoms with E-state index < -0.39 is 0 Å². The molecule has 3 aliphatic heterocycles. The Morgan fingerprint density at radius 1 is 1.09 bits per heavy atom. The van der Waals surface area contributed by atoms with E-state index in [1.54, 1.807) is 6.07 Å². The van der Waals surface area contributed by atoms with E-state index in [0.717, 1.165) is 50.4 Å². The van der Waals surface area contributed by atoms with Crippen LogP contribution in [0.1, 0.15) is 36.6 Å². The second-order valence-corrected chi connectivity index (χ2v) is 9.93. The summed E-state index contributed by atoms with van der Waals surface area (Å²) in [5.41, 5.74) is 9.31. The lowest BCUT2D eigenvalue weighted by molar-refractivity contribution is 0.0841. The van der Waals surface area contributed by atoms with Crippen molar-refractivity contribution in [3.05, 3.63) is 53.7 Å². The molecular formula is C24H30FN7O. The molecule has 0 aromatic carbocycles. The monoisotopic (exact) mass is 451 g/mol. The lowest BCUT2D eigenvalue weighted by Crippen LogP contribution is -2.63. The molecule has 1 aliphatic carbocycles. The Bertz CT molecular complexity index is 1030. The Balaban J connectivity index is 1.15. The molecule has 4 fully saturated rings. The molecule has 4 aliphatic rings. The topological polar surface area (TPSA) is 85.4 Å². The number of aryl methyl sites for hydroxylation is 1. The van der Waals surface area contributed by atoms with Gasteiger partial charge in [-0.3, -0.25) is 10.4 Å². The van der Waals surface area contributed by atoms with Gasteiger partial charge < -0.3 is 15.1 Å². The minimum Gasteiger partial charge on any atom is -0.354 e. The number of hydrazine groups is 1. The van der Waals surface area contributed by atoms with E-state index in [1.807, 2.05) is 18.0 Å². The van der Waals surface area contributed by atoms with E-state index in [1.165, 1.54) is 17.8 Å². The first-order chi connectivity index (χ1) is 16.0. The molecule has 2 aromatic heterocycles. The standard InChI is InChI=1S/C24H30FN7O/c1-14-8-15(4-6-26-14)23-19-9-16-12-32(24(33)28-20(16)10-21(19)29-30-23)18-5-7-31(13-18)22-3-2-17(25)11-27-22/h2-4,6,8,11,16,18-21,23,29-30H,5,7,9-10,12-13H2,1H3,(H,28,33)/t16?,18-,19?,20?,21?,23?/m1/s1. The van der Waals surface area contributed by atoms with Gasteiger partial charge in [0.1, 0.15) is 11.6 Å². The number of amides is 2. The lowest BCUT2D eigenvalue weighted by atomic mass is 9.71. The average Bonchev–Trinajstić information content (AvgIpc) is 3.45.